The normalized spacial score (nSPS) is 11.5. The number of hydrogen-bond acceptors (Lipinski definition) is 3. The maximum absolute atomic E-state index is 14.2. The SMILES string of the molecule is CCCCN(CCCC)c1cc(-c2ncc[nH]2)cc(C(F)(F)F)c1Oc1ccccc1. The lowest BCUT2D eigenvalue weighted by Gasteiger charge is -2.29. The Morgan fingerprint density at radius 2 is 1.68 bits per heavy atom. The van der Waals surface area contributed by atoms with Crippen LogP contribution in [0.3, 0.4) is 0 Å². The molecule has 4 nitrogen and oxygen atoms in total. The number of rotatable bonds is 10. The summed E-state index contributed by atoms with van der Waals surface area (Å²) in [5.74, 6) is 0.594. The third-order valence-electron chi connectivity index (χ3n) is 5.01. The van der Waals surface area contributed by atoms with E-state index in [1.54, 1.807) is 42.6 Å². The molecule has 1 aromatic heterocycles. The fourth-order valence-electron chi connectivity index (χ4n) is 3.38. The van der Waals surface area contributed by atoms with E-state index in [4.69, 9.17) is 4.74 Å². The highest BCUT2D eigenvalue weighted by molar-refractivity contribution is 5.73. The quantitative estimate of drug-likeness (QED) is 0.366. The molecule has 31 heavy (non-hydrogen) atoms. The van der Waals surface area contributed by atoms with E-state index in [-0.39, 0.29) is 5.75 Å². The minimum atomic E-state index is -4.58. The number of alkyl halides is 3. The van der Waals surface area contributed by atoms with Gasteiger partial charge in [0.2, 0.25) is 0 Å². The van der Waals surface area contributed by atoms with Crippen molar-refractivity contribution in [3.63, 3.8) is 0 Å². The van der Waals surface area contributed by atoms with Crippen molar-refractivity contribution in [3.8, 4) is 22.9 Å². The molecule has 0 bridgehead atoms. The Bertz CT molecular complexity index is 933. The lowest BCUT2D eigenvalue weighted by molar-refractivity contribution is -0.138. The number of aromatic amines is 1. The van der Waals surface area contributed by atoms with Crippen LogP contribution in [0.2, 0.25) is 0 Å². The van der Waals surface area contributed by atoms with Crippen LogP contribution >= 0.6 is 0 Å². The standard InChI is InChI=1S/C24H28F3N3O/c1-3-5-14-30(15-6-4-2)21-17-18(23-28-12-13-29-23)16-20(24(25,26)27)22(21)31-19-10-8-7-9-11-19/h7-13,16-17H,3-6,14-15H2,1-2H3,(H,28,29). The summed E-state index contributed by atoms with van der Waals surface area (Å²) in [5, 5.41) is 0. The second-order valence-corrected chi connectivity index (χ2v) is 7.42. The van der Waals surface area contributed by atoms with Gasteiger partial charge in [-0.2, -0.15) is 13.2 Å². The average Bonchev–Trinajstić information content (AvgIpc) is 3.29. The maximum Gasteiger partial charge on any atom is 0.420 e. The molecule has 7 heteroatoms. The first kappa shape index (κ1) is 22.7. The van der Waals surface area contributed by atoms with Gasteiger partial charge in [0, 0.05) is 31.0 Å². The van der Waals surface area contributed by atoms with Gasteiger partial charge in [-0.05, 0) is 37.1 Å². The van der Waals surface area contributed by atoms with Crippen molar-refractivity contribution >= 4 is 5.69 Å². The number of imidazole rings is 1. The molecule has 3 aromatic rings. The number of ether oxygens (including phenoxy) is 1. The van der Waals surface area contributed by atoms with E-state index < -0.39 is 11.7 Å². The van der Waals surface area contributed by atoms with Gasteiger partial charge < -0.3 is 14.6 Å². The van der Waals surface area contributed by atoms with Crippen LogP contribution in [0, 0.1) is 0 Å². The fourth-order valence-corrected chi connectivity index (χ4v) is 3.38. The average molecular weight is 432 g/mol. The number of hydrogen-bond donors (Lipinski definition) is 1. The summed E-state index contributed by atoms with van der Waals surface area (Å²) in [7, 11) is 0. The highest BCUT2D eigenvalue weighted by Crippen LogP contribution is 2.46. The van der Waals surface area contributed by atoms with Crippen molar-refractivity contribution in [2.24, 2.45) is 0 Å². The van der Waals surface area contributed by atoms with E-state index >= 15 is 0 Å². The summed E-state index contributed by atoms with van der Waals surface area (Å²) in [6.45, 7) is 5.45. The van der Waals surface area contributed by atoms with Crippen molar-refractivity contribution in [2.75, 3.05) is 18.0 Å². The Balaban J connectivity index is 2.20. The highest BCUT2D eigenvalue weighted by atomic mass is 19.4. The van der Waals surface area contributed by atoms with Gasteiger partial charge in [0.05, 0.1) is 5.69 Å². The van der Waals surface area contributed by atoms with Gasteiger partial charge in [-0.3, -0.25) is 0 Å². The molecule has 0 unspecified atom stereocenters. The van der Waals surface area contributed by atoms with Gasteiger partial charge in [-0.15, -0.1) is 0 Å². The van der Waals surface area contributed by atoms with E-state index in [9.17, 15) is 13.2 Å². The molecule has 0 atom stereocenters. The first-order valence-corrected chi connectivity index (χ1v) is 10.7. The largest absolute Gasteiger partial charge is 0.455 e. The Kier molecular flexibility index (Phi) is 7.60. The van der Waals surface area contributed by atoms with E-state index in [1.807, 2.05) is 4.90 Å². The molecule has 0 amide bonds. The van der Waals surface area contributed by atoms with Crippen LogP contribution in [-0.2, 0) is 6.18 Å². The van der Waals surface area contributed by atoms with E-state index in [2.05, 4.69) is 23.8 Å². The molecule has 0 saturated heterocycles. The Morgan fingerprint density at radius 1 is 1.00 bits per heavy atom. The zero-order valence-electron chi connectivity index (χ0n) is 17.9. The maximum atomic E-state index is 14.2. The predicted octanol–water partition coefficient (Wildman–Crippen LogP) is 7.29. The van der Waals surface area contributed by atoms with Crippen molar-refractivity contribution in [1.82, 2.24) is 9.97 Å². The molecule has 1 N–H and O–H groups in total. The summed E-state index contributed by atoms with van der Waals surface area (Å²) < 4.78 is 48.5. The highest BCUT2D eigenvalue weighted by Gasteiger charge is 2.37. The predicted molar refractivity (Wildman–Crippen MR) is 118 cm³/mol. The molecule has 0 aliphatic rings. The summed E-state index contributed by atoms with van der Waals surface area (Å²) in [5.41, 5.74) is 0.0101. The van der Waals surface area contributed by atoms with Crippen LogP contribution in [0.15, 0.2) is 54.9 Å². The number of H-pyrrole nitrogens is 1. The molecule has 3 rings (SSSR count). The topological polar surface area (TPSA) is 41.2 Å². The zero-order valence-corrected chi connectivity index (χ0v) is 17.9. The van der Waals surface area contributed by atoms with E-state index in [1.165, 1.54) is 6.20 Å². The van der Waals surface area contributed by atoms with Crippen LogP contribution in [0.25, 0.3) is 11.4 Å². The molecule has 166 valence electrons. The molecule has 0 radical (unpaired) electrons. The van der Waals surface area contributed by atoms with Gasteiger partial charge in [-0.25, -0.2) is 4.98 Å². The van der Waals surface area contributed by atoms with E-state index in [0.717, 1.165) is 31.7 Å². The second kappa shape index (κ2) is 10.4. The Labute approximate surface area is 181 Å². The molecule has 1 heterocycles. The molecule has 0 aliphatic carbocycles. The molecular weight excluding hydrogens is 403 g/mol. The zero-order chi connectivity index (χ0) is 22.3. The number of halogens is 3. The van der Waals surface area contributed by atoms with Gasteiger partial charge >= 0.3 is 6.18 Å². The minimum absolute atomic E-state index is 0.166. The smallest absolute Gasteiger partial charge is 0.420 e. The van der Waals surface area contributed by atoms with Crippen LogP contribution in [0.1, 0.15) is 45.1 Å². The van der Waals surface area contributed by atoms with Gasteiger partial charge in [0.1, 0.15) is 17.1 Å². The number of benzene rings is 2. The molecule has 0 saturated carbocycles. The van der Waals surface area contributed by atoms with Crippen LogP contribution < -0.4 is 9.64 Å². The lowest BCUT2D eigenvalue weighted by Crippen LogP contribution is -2.27. The van der Waals surface area contributed by atoms with Gasteiger partial charge in [-0.1, -0.05) is 44.9 Å². The van der Waals surface area contributed by atoms with Gasteiger partial charge in [0.25, 0.3) is 0 Å². The van der Waals surface area contributed by atoms with Crippen molar-refractivity contribution < 1.29 is 17.9 Å². The van der Waals surface area contributed by atoms with Crippen molar-refractivity contribution in [2.45, 2.75) is 45.7 Å². The van der Waals surface area contributed by atoms with Crippen LogP contribution in [0.4, 0.5) is 18.9 Å². The number of anilines is 1. The summed E-state index contributed by atoms with van der Waals surface area (Å²) in [4.78, 5) is 9.09. The Morgan fingerprint density at radius 3 is 2.23 bits per heavy atom. The fraction of sp³-hybridized carbons (Fsp3) is 0.375. The number of nitrogens with one attached hydrogen (secondary N) is 1. The third-order valence-corrected chi connectivity index (χ3v) is 5.01. The number of para-hydroxylation sites is 1. The molecule has 0 aliphatic heterocycles. The molecule has 2 aromatic carbocycles. The lowest BCUT2D eigenvalue weighted by atomic mass is 10.0. The number of nitrogens with zero attached hydrogens (tertiary/aromatic N) is 2. The summed E-state index contributed by atoms with van der Waals surface area (Å²) >= 11 is 0. The summed E-state index contributed by atoms with van der Waals surface area (Å²) in [6, 6.07) is 11.5. The van der Waals surface area contributed by atoms with Gasteiger partial charge in [0.15, 0.2) is 5.75 Å². The van der Waals surface area contributed by atoms with Crippen molar-refractivity contribution in [1.29, 1.82) is 0 Å². The molecule has 0 fully saturated rings. The minimum Gasteiger partial charge on any atom is -0.455 e. The number of unbranched alkanes of at least 4 members (excludes halogenated alkanes) is 2. The van der Waals surface area contributed by atoms with Crippen LogP contribution in [0.5, 0.6) is 11.5 Å². The second-order valence-electron chi connectivity index (χ2n) is 7.42. The summed E-state index contributed by atoms with van der Waals surface area (Å²) in [6.07, 6.45) is 2.19. The van der Waals surface area contributed by atoms with E-state index in [0.29, 0.717) is 35.9 Å². The first-order valence-electron chi connectivity index (χ1n) is 10.7. The Hall–Kier alpha value is -2.96. The third kappa shape index (κ3) is 5.81. The first-order chi connectivity index (χ1) is 14.9. The van der Waals surface area contributed by atoms with Crippen molar-refractivity contribution in [3.05, 3.63) is 60.4 Å². The number of aromatic nitrogens is 2. The van der Waals surface area contributed by atoms with Crippen LogP contribution in [-0.4, -0.2) is 23.1 Å². The monoisotopic (exact) mass is 431 g/mol. The molecule has 0 spiro atoms. The molecular formula is C24H28F3N3O.